The average Bonchev–Trinajstić information content (AvgIpc) is 3.30. The Hall–Kier alpha value is -3.55. The molecule has 1 amide bonds. The fourth-order valence-corrected chi connectivity index (χ4v) is 8.33. The van der Waals surface area contributed by atoms with Crippen LogP contribution in [0.1, 0.15) is 89.2 Å². The number of benzene rings is 3. The van der Waals surface area contributed by atoms with E-state index in [1.807, 2.05) is 30.3 Å². The predicted octanol–water partition coefficient (Wildman–Crippen LogP) is 6.12. The van der Waals surface area contributed by atoms with Gasteiger partial charge in [0.05, 0.1) is 17.8 Å². The Labute approximate surface area is 272 Å². The highest BCUT2D eigenvalue weighted by Crippen LogP contribution is 2.53. The Morgan fingerprint density at radius 2 is 1.84 bits per heavy atom. The number of methoxy groups -OCH3 is 1. The van der Waals surface area contributed by atoms with Crippen LogP contribution in [0.2, 0.25) is 0 Å². The Morgan fingerprint density at radius 3 is 2.56 bits per heavy atom. The molecule has 7 nitrogen and oxygen atoms in total. The minimum absolute atomic E-state index is 0.222. The monoisotopic (exact) mass is 611 g/mol. The molecule has 2 saturated heterocycles. The Morgan fingerprint density at radius 1 is 1.09 bits per heavy atom. The van der Waals surface area contributed by atoms with E-state index >= 15 is 0 Å². The van der Waals surface area contributed by atoms with Gasteiger partial charge in [0.15, 0.2) is 11.5 Å². The molecule has 3 heterocycles. The maximum atomic E-state index is 11.5. The number of carbonyl (C=O) groups excluding carboxylic acids is 1. The number of hydrogen-bond acceptors (Lipinski definition) is 6. The summed E-state index contributed by atoms with van der Waals surface area (Å²) in [6.45, 7) is 14.9. The number of rotatable bonds is 8. The van der Waals surface area contributed by atoms with Gasteiger partial charge in [0, 0.05) is 79.0 Å². The van der Waals surface area contributed by atoms with E-state index in [-0.39, 0.29) is 11.5 Å². The number of primary amides is 1. The fraction of sp³-hybridized carbons (Fsp3) is 0.500. The smallest absolute Gasteiger partial charge is 0.248 e. The molecule has 45 heavy (non-hydrogen) atoms. The number of hydrogen-bond donors (Lipinski definition) is 1. The molecule has 0 radical (unpaired) electrons. The molecule has 2 N–H and O–H groups in total. The summed E-state index contributed by atoms with van der Waals surface area (Å²) < 4.78 is 34.7. The molecule has 3 fully saturated rings. The van der Waals surface area contributed by atoms with Crippen molar-refractivity contribution in [2.45, 2.75) is 70.5 Å². The van der Waals surface area contributed by atoms with E-state index in [9.17, 15) is 4.79 Å². The minimum atomic E-state index is -2.55. The second-order valence-electron chi connectivity index (χ2n) is 14.8. The van der Waals surface area contributed by atoms with Crippen LogP contribution >= 0.6 is 0 Å². The van der Waals surface area contributed by atoms with Gasteiger partial charge >= 0.3 is 0 Å². The summed E-state index contributed by atoms with van der Waals surface area (Å²) in [5.74, 6) is 0.900. The second kappa shape index (κ2) is 11.4. The van der Waals surface area contributed by atoms with Crippen LogP contribution in [0.25, 0.3) is 0 Å². The van der Waals surface area contributed by atoms with E-state index in [1.165, 1.54) is 24.0 Å². The summed E-state index contributed by atoms with van der Waals surface area (Å²) in [6, 6.07) is 21.5. The maximum Gasteiger partial charge on any atom is 0.248 e. The third kappa shape index (κ3) is 5.48. The number of carbonyl (C=O) groups is 1. The van der Waals surface area contributed by atoms with Gasteiger partial charge < -0.3 is 20.1 Å². The van der Waals surface area contributed by atoms with Gasteiger partial charge in [-0.1, -0.05) is 52.0 Å². The zero-order valence-corrected chi connectivity index (χ0v) is 27.0. The van der Waals surface area contributed by atoms with E-state index in [0.29, 0.717) is 47.6 Å². The molecule has 3 aliphatic heterocycles. The van der Waals surface area contributed by atoms with Crippen LogP contribution in [0, 0.1) is 5.41 Å². The number of nitrogens with zero attached hydrogens (tertiary/aromatic N) is 3. The summed E-state index contributed by atoms with van der Waals surface area (Å²) >= 11 is 0. The number of nitrogens with two attached hydrogens (primary N) is 1. The Kier molecular flexibility index (Phi) is 6.73. The topological polar surface area (TPSA) is 71.3 Å². The first kappa shape index (κ1) is 26.6. The highest BCUT2D eigenvalue weighted by atomic mass is 16.5. The molecular formula is C38H48N4O3. The van der Waals surface area contributed by atoms with Crippen molar-refractivity contribution in [1.29, 1.82) is 0 Å². The Bertz CT molecular complexity index is 1680. The van der Waals surface area contributed by atoms with Crippen LogP contribution in [0.5, 0.6) is 11.5 Å². The molecule has 7 rings (SSSR count). The molecule has 0 aromatic heterocycles. The minimum Gasteiger partial charge on any atom is -0.493 e. The number of piperazine rings is 1. The van der Waals surface area contributed by atoms with Gasteiger partial charge in [-0.2, -0.15) is 0 Å². The molecule has 1 saturated carbocycles. The molecule has 238 valence electrons. The van der Waals surface area contributed by atoms with Crippen molar-refractivity contribution in [3.8, 4) is 11.5 Å². The molecule has 1 atom stereocenters. The zero-order chi connectivity index (χ0) is 34.0. The zero-order valence-electron chi connectivity index (χ0n) is 30.0. The molecule has 1 aliphatic carbocycles. The maximum absolute atomic E-state index is 11.5. The van der Waals surface area contributed by atoms with Gasteiger partial charge in [-0.25, -0.2) is 0 Å². The van der Waals surface area contributed by atoms with Gasteiger partial charge in [0.1, 0.15) is 0 Å². The highest BCUT2D eigenvalue weighted by Gasteiger charge is 2.55. The van der Waals surface area contributed by atoms with Crippen molar-refractivity contribution in [1.82, 2.24) is 9.80 Å². The molecule has 7 heteroatoms. The quantitative estimate of drug-likeness (QED) is 0.331. The van der Waals surface area contributed by atoms with Crippen molar-refractivity contribution < 1.29 is 18.4 Å². The van der Waals surface area contributed by atoms with Gasteiger partial charge in [-0.05, 0) is 71.8 Å². The van der Waals surface area contributed by atoms with E-state index in [2.05, 4.69) is 72.7 Å². The molecule has 0 bridgehead atoms. The Balaban J connectivity index is 1.09. The first-order valence-electron chi connectivity index (χ1n) is 17.9. The lowest BCUT2D eigenvalue weighted by atomic mass is 9.59. The first-order chi connectivity index (χ1) is 22.7. The van der Waals surface area contributed by atoms with Gasteiger partial charge in [-0.3, -0.25) is 14.6 Å². The third-order valence-corrected chi connectivity index (χ3v) is 10.8. The normalized spacial score (nSPS) is 23.8. The van der Waals surface area contributed by atoms with Crippen LogP contribution < -0.4 is 20.1 Å². The van der Waals surface area contributed by atoms with Gasteiger partial charge in [-0.15, -0.1) is 0 Å². The standard InChI is InChI=1S/C38H48N4O3/c1-25(2)30-8-6-7-9-31(30)33-21-40(20-26-16-32-35(34(17-26)44-5)45-24-37(32,3)4)14-15-42(33)29-18-38(19-29)22-41(23-38)28-12-10-27(11-13-28)36(39)43/h6-13,16-17,25,29,33H,14-15,18-24H2,1-5H3,(H2,39,43)/t33-/m0/s1/i5D3. The first-order valence-corrected chi connectivity index (χ1v) is 16.4. The fourth-order valence-electron chi connectivity index (χ4n) is 8.33. The van der Waals surface area contributed by atoms with E-state index in [4.69, 9.17) is 19.3 Å². The molecule has 3 aromatic carbocycles. The predicted molar refractivity (Wildman–Crippen MR) is 179 cm³/mol. The van der Waals surface area contributed by atoms with Crippen LogP contribution in [0.3, 0.4) is 0 Å². The molecular weight excluding hydrogens is 560 g/mol. The summed E-state index contributed by atoms with van der Waals surface area (Å²) in [5, 5.41) is 0. The summed E-state index contributed by atoms with van der Waals surface area (Å²) in [5.41, 5.74) is 12.2. The highest BCUT2D eigenvalue weighted by molar-refractivity contribution is 5.93. The largest absolute Gasteiger partial charge is 0.493 e. The lowest BCUT2D eigenvalue weighted by Crippen LogP contribution is -2.68. The number of amides is 1. The van der Waals surface area contributed by atoms with E-state index < -0.39 is 12.9 Å². The van der Waals surface area contributed by atoms with Crippen molar-refractivity contribution >= 4 is 11.6 Å². The van der Waals surface area contributed by atoms with Gasteiger partial charge in [0.25, 0.3) is 0 Å². The lowest BCUT2D eigenvalue weighted by molar-refractivity contribution is -0.0647. The number of fused-ring (bicyclic) bond motifs is 1. The van der Waals surface area contributed by atoms with Crippen LogP contribution in [-0.4, -0.2) is 68.1 Å². The summed E-state index contributed by atoms with van der Waals surface area (Å²) in [7, 11) is -2.55. The number of ether oxygens (including phenoxy) is 2. The summed E-state index contributed by atoms with van der Waals surface area (Å²) in [4.78, 5) is 19.2. The van der Waals surface area contributed by atoms with Crippen LogP contribution in [-0.2, 0) is 12.0 Å². The van der Waals surface area contributed by atoms with Crippen molar-refractivity contribution in [2.24, 2.45) is 11.1 Å². The lowest BCUT2D eigenvalue weighted by Gasteiger charge is -2.63. The number of anilines is 1. The van der Waals surface area contributed by atoms with Crippen molar-refractivity contribution in [2.75, 3.05) is 51.3 Å². The molecule has 4 aliphatic rings. The third-order valence-electron chi connectivity index (χ3n) is 10.8. The SMILES string of the molecule is [2H]C([2H])([2H])Oc1cc(CN2CCN(C3CC4(C3)CN(c3ccc(C(N)=O)cc3)C4)[C@H](c3ccccc3C(C)C)C2)cc2c1OCC2(C)C. The average molecular weight is 612 g/mol. The van der Waals surface area contributed by atoms with Crippen LogP contribution in [0.15, 0.2) is 60.7 Å². The van der Waals surface area contributed by atoms with Crippen molar-refractivity contribution in [3.63, 3.8) is 0 Å². The van der Waals surface area contributed by atoms with Crippen LogP contribution in [0.4, 0.5) is 5.69 Å². The molecule has 3 aromatic rings. The van der Waals surface area contributed by atoms with E-state index in [0.717, 1.165) is 49.5 Å². The van der Waals surface area contributed by atoms with E-state index in [1.54, 1.807) is 0 Å². The molecule has 1 spiro atoms. The summed E-state index contributed by atoms with van der Waals surface area (Å²) in [6.07, 6.45) is 2.39. The van der Waals surface area contributed by atoms with Crippen molar-refractivity contribution in [3.05, 3.63) is 88.5 Å². The second-order valence-corrected chi connectivity index (χ2v) is 14.8. The van der Waals surface area contributed by atoms with Gasteiger partial charge in [0.2, 0.25) is 5.91 Å². The molecule has 0 unspecified atom stereocenters.